The SMILES string of the molecule is COc1ccc(-c2nc(-c3ccncc3)nn2CCN(C(=O)c2ccc3ccccc3c2)C2CCCC2)cc1Cl. The van der Waals surface area contributed by atoms with Gasteiger partial charge in [-0.2, -0.15) is 5.10 Å². The molecule has 0 bridgehead atoms. The summed E-state index contributed by atoms with van der Waals surface area (Å²) in [6, 6.07) is 23.7. The van der Waals surface area contributed by atoms with E-state index in [0.29, 0.717) is 41.1 Å². The molecule has 0 aliphatic heterocycles. The number of methoxy groups -OCH3 is 1. The van der Waals surface area contributed by atoms with Gasteiger partial charge in [-0.05, 0) is 66.1 Å². The number of ether oxygens (including phenoxy) is 1. The van der Waals surface area contributed by atoms with Crippen molar-refractivity contribution in [2.75, 3.05) is 13.7 Å². The first-order valence-electron chi connectivity index (χ1n) is 13.6. The van der Waals surface area contributed by atoms with Crippen LogP contribution in [-0.4, -0.2) is 50.3 Å². The lowest BCUT2D eigenvalue weighted by Crippen LogP contribution is -2.41. The number of fused-ring (bicyclic) bond motifs is 1. The lowest BCUT2D eigenvalue weighted by molar-refractivity contribution is 0.0672. The van der Waals surface area contributed by atoms with E-state index >= 15 is 0 Å². The zero-order valence-corrected chi connectivity index (χ0v) is 23.1. The molecule has 1 aliphatic carbocycles. The van der Waals surface area contributed by atoms with Crippen molar-refractivity contribution in [2.24, 2.45) is 0 Å². The van der Waals surface area contributed by atoms with E-state index in [0.717, 1.165) is 47.6 Å². The van der Waals surface area contributed by atoms with E-state index in [-0.39, 0.29) is 11.9 Å². The molecule has 2 heterocycles. The van der Waals surface area contributed by atoms with E-state index in [2.05, 4.69) is 11.1 Å². The maximum Gasteiger partial charge on any atom is 0.254 e. The number of pyridine rings is 1. The molecular weight excluding hydrogens is 522 g/mol. The van der Waals surface area contributed by atoms with Crippen molar-refractivity contribution < 1.29 is 9.53 Å². The van der Waals surface area contributed by atoms with E-state index in [1.54, 1.807) is 19.5 Å². The van der Waals surface area contributed by atoms with Crippen molar-refractivity contribution in [3.05, 3.63) is 95.8 Å². The molecule has 0 saturated heterocycles. The van der Waals surface area contributed by atoms with Gasteiger partial charge in [-0.1, -0.05) is 54.8 Å². The van der Waals surface area contributed by atoms with Crippen molar-refractivity contribution in [1.29, 1.82) is 0 Å². The summed E-state index contributed by atoms with van der Waals surface area (Å²) in [6.45, 7) is 1.01. The number of halogens is 1. The first kappa shape index (κ1) is 26.0. The van der Waals surface area contributed by atoms with Gasteiger partial charge in [0, 0.05) is 41.7 Å². The van der Waals surface area contributed by atoms with Gasteiger partial charge in [0.05, 0.1) is 18.7 Å². The Hall–Kier alpha value is -4.23. The predicted molar refractivity (Wildman–Crippen MR) is 157 cm³/mol. The van der Waals surface area contributed by atoms with Crippen molar-refractivity contribution in [1.82, 2.24) is 24.6 Å². The molecular formula is C32H30ClN5O2. The third-order valence-electron chi connectivity index (χ3n) is 7.60. The normalized spacial score (nSPS) is 13.6. The molecule has 7 nitrogen and oxygen atoms in total. The first-order valence-corrected chi connectivity index (χ1v) is 14.0. The van der Waals surface area contributed by atoms with Crippen LogP contribution in [0.4, 0.5) is 0 Å². The number of aromatic nitrogens is 4. The zero-order valence-electron chi connectivity index (χ0n) is 22.3. The lowest BCUT2D eigenvalue weighted by atomic mass is 10.1. The van der Waals surface area contributed by atoms with Crippen molar-refractivity contribution in [3.63, 3.8) is 0 Å². The summed E-state index contributed by atoms with van der Waals surface area (Å²) in [4.78, 5) is 25.0. The molecule has 0 N–H and O–H groups in total. The van der Waals surface area contributed by atoms with Gasteiger partial charge in [0.2, 0.25) is 0 Å². The number of amides is 1. The molecule has 1 aliphatic rings. The second-order valence-corrected chi connectivity index (χ2v) is 10.5. The summed E-state index contributed by atoms with van der Waals surface area (Å²) < 4.78 is 7.22. The topological polar surface area (TPSA) is 73.1 Å². The van der Waals surface area contributed by atoms with Gasteiger partial charge < -0.3 is 9.64 Å². The van der Waals surface area contributed by atoms with Crippen molar-refractivity contribution >= 4 is 28.3 Å². The van der Waals surface area contributed by atoms with Gasteiger partial charge in [-0.3, -0.25) is 9.78 Å². The molecule has 40 heavy (non-hydrogen) atoms. The Balaban J connectivity index is 1.33. The number of benzene rings is 3. The largest absolute Gasteiger partial charge is 0.495 e. The van der Waals surface area contributed by atoms with E-state index in [1.807, 2.05) is 76.3 Å². The molecule has 202 valence electrons. The van der Waals surface area contributed by atoms with Gasteiger partial charge in [0.25, 0.3) is 5.91 Å². The minimum Gasteiger partial charge on any atom is -0.495 e. The first-order chi connectivity index (χ1) is 19.6. The maximum atomic E-state index is 13.9. The highest BCUT2D eigenvalue weighted by Crippen LogP contribution is 2.31. The van der Waals surface area contributed by atoms with Crippen LogP contribution < -0.4 is 4.74 Å². The minimum atomic E-state index is 0.0566. The van der Waals surface area contributed by atoms with Crippen LogP contribution in [0.5, 0.6) is 5.75 Å². The molecule has 1 amide bonds. The van der Waals surface area contributed by atoms with Crippen LogP contribution in [0.25, 0.3) is 33.5 Å². The fraction of sp³-hybridized carbons (Fsp3) is 0.250. The van der Waals surface area contributed by atoms with Gasteiger partial charge in [-0.25, -0.2) is 9.67 Å². The van der Waals surface area contributed by atoms with Crippen LogP contribution in [0.1, 0.15) is 36.0 Å². The Kier molecular flexibility index (Phi) is 7.47. The van der Waals surface area contributed by atoms with Crippen LogP contribution in [0.15, 0.2) is 85.2 Å². The number of hydrogen-bond donors (Lipinski definition) is 0. The van der Waals surface area contributed by atoms with E-state index in [9.17, 15) is 4.79 Å². The number of rotatable bonds is 8. The summed E-state index contributed by atoms with van der Waals surface area (Å²) >= 11 is 6.48. The van der Waals surface area contributed by atoms with Crippen molar-refractivity contribution in [3.8, 4) is 28.5 Å². The molecule has 0 spiro atoms. The van der Waals surface area contributed by atoms with Crippen LogP contribution in [-0.2, 0) is 6.54 Å². The number of carbonyl (C=O) groups is 1. The second-order valence-electron chi connectivity index (χ2n) is 10.1. The van der Waals surface area contributed by atoms with E-state index in [1.165, 1.54) is 0 Å². The molecule has 1 fully saturated rings. The van der Waals surface area contributed by atoms with E-state index in [4.69, 9.17) is 26.4 Å². The van der Waals surface area contributed by atoms with Gasteiger partial charge in [0.15, 0.2) is 11.6 Å². The van der Waals surface area contributed by atoms with E-state index < -0.39 is 0 Å². The molecule has 0 radical (unpaired) electrons. The molecule has 2 aromatic heterocycles. The average Bonchev–Trinajstić information content (AvgIpc) is 3.68. The third kappa shape index (κ3) is 5.29. The summed E-state index contributed by atoms with van der Waals surface area (Å²) in [7, 11) is 1.59. The summed E-state index contributed by atoms with van der Waals surface area (Å²) in [5.41, 5.74) is 2.41. The Labute approximate surface area is 238 Å². The van der Waals surface area contributed by atoms with Crippen LogP contribution >= 0.6 is 11.6 Å². The van der Waals surface area contributed by atoms with Crippen LogP contribution in [0.3, 0.4) is 0 Å². The smallest absolute Gasteiger partial charge is 0.254 e. The number of nitrogens with zero attached hydrogens (tertiary/aromatic N) is 5. The van der Waals surface area contributed by atoms with Gasteiger partial charge in [0.1, 0.15) is 5.75 Å². The summed E-state index contributed by atoms with van der Waals surface area (Å²) in [5, 5.41) is 7.56. The highest BCUT2D eigenvalue weighted by Gasteiger charge is 2.28. The number of carbonyl (C=O) groups excluding carboxylic acids is 1. The average molecular weight is 552 g/mol. The maximum absolute atomic E-state index is 13.9. The second kappa shape index (κ2) is 11.5. The quantitative estimate of drug-likeness (QED) is 0.209. The summed E-state index contributed by atoms with van der Waals surface area (Å²) in [5.74, 6) is 1.93. The molecule has 8 heteroatoms. The lowest BCUT2D eigenvalue weighted by Gasteiger charge is -2.29. The number of hydrogen-bond acceptors (Lipinski definition) is 5. The molecule has 1 saturated carbocycles. The van der Waals surface area contributed by atoms with Gasteiger partial charge >= 0.3 is 0 Å². The highest BCUT2D eigenvalue weighted by molar-refractivity contribution is 6.32. The summed E-state index contributed by atoms with van der Waals surface area (Å²) in [6.07, 6.45) is 7.75. The fourth-order valence-electron chi connectivity index (χ4n) is 5.50. The van der Waals surface area contributed by atoms with Crippen molar-refractivity contribution in [2.45, 2.75) is 38.3 Å². The monoisotopic (exact) mass is 551 g/mol. The zero-order chi connectivity index (χ0) is 27.5. The minimum absolute atomic E-state index is 0.0566. The van der Waals surface area contributed by atoms with Gasteiger partial charge in [-0.15, -0.1) is 0 Å². The molecule has 0 atom stereocenters. The predicted octanol–water partition coefficient (Wildman–Crippen LogP) is 6.91. The standard InChI is InChI=1S/C32H30ClN5O2/c1-40-29-13-12-25(21-28(29)33)31-35-30(23-14-16-34-17-15-23)36-38(31)19-18-37(27-8-4-5-9-27)32(39)26-11-10-22-6-2-3-7-24(22)20-26/h2-3,6-7,10-17,20-21,27H,4-5,8-9,18-19H2,1H3. The Morgan fingerprint density at radius 3 is 2.50 bits per heavy atom. The Bertz CT molecular complexity index is 1650. The Morgan fingerprint density at radius 2 is 1.75 bits per heavy atom. The Morgan fingerprint density at radius 1 is 0.975 bits per heavy atom. The third-order valence-corrected chi connectivity index (χ3v) is 7.89. The van der Waals surface area contributed by atoms with Crippen LogP contribution in [0, 0.1) is 0 Å². The van der Waals surface area contributed by atoms with Crippen LogP contribution in [0.2, 0.25) is 5.02 Å². The fourth-order valence-corrected chi connectivity index (χ4v) is 5.75. The molecule has 3 aromatic carbocycles. The highest BCUT2D eigenvalue weighted by atomic mass is 35.5. The molecule has 5 aromatic rings. The molecule has 6 rings (SSSR count). The molecule has 0 unspecified atom stereocenters.